The molecule has 24 heavy (non-hydrogen) atoms. The first-order valence-electron chi connectivity index (χ1n) is 7.58. The summed E-state index contributed by atoms with van der Waals surface area (Å²) in [5.74, 6) is -0.264. The van der Waals surface area contributed by atoms with Crippen molar-refractivity contribution in [3.05, 3.63) is 91.0 Å². The van der Waals surface area contributed by atoms with Gasteiger partial charge in [0.2, 0.25) is 0 Å². The maximum Gasteiger partial charge on any atom is 0.123 e. The van der Waals surface area contributed by atoms with Crippen molar-refractivity contribution >= 4 is 16.6 Å². The fraction of sp³-hybridized carbons (Fsp3) is 0. The van der Waals surface area contributed by atoms with Crippen LogP contribution < -0.4 is 0 Å². The number of fused-ring (bicyclic) bond motifs is 1. The van der Waals surface area contributed by atoms with Gasteiger partial charge in [0.25, 0.3) is 0 Å². The minimum absolute atomic E-state index is 0.264. The Labute approximate surface area is 138 Å². The van der Waals surface area contributed by atoms with E-state index in [1.807, 2.05) is 42.5 Å². The van der Waals surface area contributed by atoms with Crippen LogP contribution in [0.4, 0.5) is 4.39 Å². The highest BCUT2D eigenvalue weighted by atomic mass is 19.1. The number of hydrogen-bond donors (Lipinski definition) is 0. The topological polar surface area (TPSA) is 30.7 Å². The Kier molecular flexibility index (Phi) is 3.43. The molecule has 0 fully saturated rings. The standard InChI is InChI=1S/C20H14FN3/c1-14(18-7-4-5-13-22-18)24-19-8-3-2-6-17(19)20(23-24)15-9-11-16(21)12-10-15/h2-13H,1H2. The van der Waals surface area contributed by atoms with Gasteiger partial charge >= 0.3 is 0 Å². The quantitative estimate of drug-likeness (QED) is 0.546. The zero-order valence-electron chi connectivity index (χ0n) is 12.9. The zero-order chi connectivity index (χ0) is 16.5. The zero-order valence-corrected chi connectivity index (χ0v) is 12.9. The summed E-state index contributed by atoms with van der Waals surface area (Å²) in [6, 6.07) is 19.9. The van der Waals surface area contributed by atoms with Crippen LogP contribution >= 0.6 is 0 Å². The maximum atomic E-state index is 13.2. The third kappa shape index (κ3) is 2.38. The largest absolute Gasteiger partial charge is 0.255 e. The average Bonchev–Trinajstić information content (AvgIpc) is 3.02. The van der Waals surface area contributed by atoms with Gasteiger partial charge < -0.3 is 0 Å². The molecule has 3 nitrogen and oxygen atoms in total. The monoisotopic (exact) mass is 315 g/mol. The lowest BCUT2D eigenvalue weighted by Crippen LogP contribution is -2.01. The Bertz CT molecular complexity index is 1020. The molecule has 0 unspecified atom stereocenters. The molecule has 0 amide bonds. The van der Waals surface area contributed by atoms with Gasteiger partial charge in [0.05, 0.1) is 16.9 Å². The van der Waals surface area contributed by atoms with Crippen molar-refractivity contribution in [3.63, 3.8) is 0 Å². The van der Waals surface area contributed by atoms with Crippen molar-refractivity contribution in [3.8, 4) is 11.3 Å². The number of benzene rings is 2. The van der Waals surface area contributed by atoms with Crippen LogP contribution in [0.15, 0.2) is 79.5 Å². The Morgan fingerprint density at radius 3 is 2.42 bits per heavy atom. The van der Waals surface area contributed by atoms with Gasteiger partial charge in [-0.05, 0) is 42.5 Å². The van der Waals surface area contributed by atoms with Gasteiger partial charge in [-0.2, -0.15) is 5.10 Å². The molecule has 0 radical (unpaired) electrons. The van der Waals surface area contributed by atoms with E-state index in [-0.39, 0.29) is 5.82 Å². The average molecular weight is 315 g/mol. The Balaban J connectivity index is 1.92. The first-order chi connectivity index (χ1) is 11.7. The summed E-state index contributed by atoms with van der Waals surface area (Å²) in [5.41, 5.74) is 4.05. The van der Waals surface area contributed by atoms with Crippen LogP contribution in [0, 0.1) is 5.82 Å². The minimum Gasteiger partial charge on any atom is -0.255 e. The minimum atomic E-state index is -0.264. The van der Waals surface area contributed by atoms with Crippen LogP contribution in [0.1, 0.15) is 5.69 Å². The summed E-state index contributed by atoms with van der Waals surface area (Å²) in [6.45, 7) is 4.14. The number of nitrogens with zero attached hydrogens (tertiary/aromatic N) is 3. The van der Waals surface area contributed by atoms with Crippen LogP contribution in [-0.2, 0) is 0 Å². The summed E-state index contributed by atoms with van der Waals surface area (Å²) < 4.78 is 15.0. The van der Waals surface area contributed by atoms with Gasteiger partial charge in [-0.3, -0.25) is 4.98 Å². The third-order valence-corrected chi connectivity index (χ3v) is 3.92. The fourth-order valence-electron chi connectivity index (χ4n) is 2.74. The molecule has 0 aliphatic carbocycles. The lowest BCUT2D eigenvalue weighted by atomic mass is 10.1. The highest BCUT2D eigenvalue weighted by molar-refractivity contribution is 5.95. The molecule has 0 aliphatic heterocycles. The van der Waals surface area contributed by atoms with Crippen molar-refractivity contribution in [1.82, 2.24) is 14.8 Å². The summed E-state index contributed by atoms with van der Waals surface area (Å²) in [7, 11) is 0. The summed E-state index contributed by atoms with van der Waals surface area (Å²) >= 11 is 0. The molecule has 2 heterocycles. The van der Waals surface area contributed by atoms with Crippen LogP contribution in [-0.4, -0.2) is 14.8 Å². The van der Waals surface area contributed by atoms with E-state index in [1.54, 1.807) is 23.0 Å². The summed E-state index contributed by atoms with van der Waals surface area (Å²) in [5, 5.41) is 5.71. The maximum absolute atomic E-state index is 13.2. The number of halogens is 1. The van der Waals surface area contributed by atoms with Crippen LogP contribution in [0.3, 0.4) is 0 Å². The second-order valence-electron chi connectivity index (χ2n) is 5.45. The van der Waals surface area contributed by atoms with E-state index in [1.165, 1.54) is 12.1 Å². The van der Waals surface area contributed by atoms with Crippen LogP contribution in [0.2, 0.25) is 0 Å². The number of rotatable bonds is 3. The lowest BCUT2D eigenvalue weighted by molar-refractivity contribution is 0.628. The molecular formula is C20H14FN3. The van der Waals surface area contributed by atoms with Gasteiger partial charge in [-0.15, -0.1) is 0 Å². The van der Waals surface area contributed by atoms with E-state index in [2.05, 4.69) is 11.6 Å². The predicted octanol–water partition coefficient (Wildman–Crippen LogP) is 4.76. The van der Waals surface area contributed by atoms with Crippen molar-refractivity contribution in [1.29, 1.82) is 0 Å². The molecule has 0 aliphatic rings. The van der Waals surface area contributed by atoms with E-state index >= 15 is 0 Å². The summed E-state index contributed by atoms with van der Waals surface area (Å²) in [4.78, 5) is 4.35. The highest BCUT2D eigenvalue weighted by Gasteiger charge is 2.15. The van der Waals surface area contributed by atoms with Crippen LogP contribution in [0.25, 0.3) is 27.9 Å². The first kappa shape index (κ1) is 14.3. The molecule has 0 saturated carbocycles. The normalized spacial score (nSPS) is 10.9. The number of para-hydroxylation sites is 1. The van der Waals surface area contributed by atoms with Gasteiger partial charge in [-0.25, -0.2) is 9.07 Å². The Morgan fingerprint density at radius 2 is 1.67 bits per heavy atom. The van der Waals surface area contributed by atoms with Gasteiger partial charge in [0.1, 0.15) is 11.5 Å². The predicted molar refractivity (Wildman–Crippen MR) is 93.8 cm³/mol. The molecule has 0 N–H and O–H groups in total. The molecule has 2 aromatic heterocycles. The molecule has 4 heteroatoms. The third-order valence-electron chi connectivity index (χ3n) is 3.92. The van der Waals surface area contributed by atoms with Gasteiger partial charge in [0, 0.05) is 17.1 Å². The van der Waals surface area contributed by atoms with Gasteiger partial charge in [-0.1, -0.05) is 30.8 Å². The van der Waals surface area contributed by atoms with E-state index in [0.29, 0.717) is 5.70 Å². The number of hydrogen-bond acceptors (Lipinski definition) is 2. The molecular weight excluding hydrogens is 301 g/mol. The van der Waals surface area contributed by atoms with Crippen molar-refractivity contribution in [2.24, 2.45) is 0 Å². The molecule has 2 aromatic carbocycles. The smallest absolute Gasteiger partial charge is 0.123 e. The molecule has 0 spiro atoms. The SMILES string of the molecule is C=C(c1ccccn1)n1nc(-c2ccc(F)cc2)c2ccccc21. The number of pyridine rings is 1. The lowest BCUT2D eigenvalue weighted by Gasteiger charge is -2.06. The van der Waals surface area contributed by atoms with Crippen LogP contribution in [0.5, 0.6) is 0 Å². The van der Waals surface area contributed by atoms with Crippen molar-refractivity contribution in [2.75, 3.05) is 0 Å². The molecule has 116 valence electrons. The molecule has 0 atom stereocenters. The Morgan fingerprint density at radius 1 is 0.917 bits per heavy atom. The van der Waals surface area contributed by atoms with E-state index in [4.69, 9.17) is 5.10 Å². The van der Waals surface area contributed by atoms with E-state index in [0.717, 1.165) is 27.9 Å². The molecule has 0 bridgehead atoms. The van der Waals surface area contributed by atoms with Crippen molar-refractivity contribution in [2.45, 2.75) is 0 Å². The molecule has 4 rings (SSSR count). The van der Waals surface area contributed by atoms with Crippen molar-refractivity contribution < 1.29 is 4.39 Å². The highest BCUT2D eigenvalue weighted by Crippen LogP contribution is 2.30. The van der Waals surface area contributed by atoms with Gasteiger partial charge in [0.15, 0.2) is 0 Å². The molecule has 4 aromatic rings. The second kappa shape index (κ2) is 5.74. The first-order valence-corrected chi connectivity index (χ1v) is 7.58. The fourth-order valence-corrected chi connectivity index (χ4v) is 2.74. The van der Waals surface area contributed by atoms with E-state index < -0.39 is 0 Å². The number of aromatic nitrogens is 3. The van der Waals surface area contributed by atoms with E-state index in [9.17, 15) is 4.39 Å². The second-order valence-corrected chi connectivity index (χ2v) is 5.45. The summed E-state index contributed by atoms with van der Waals surface area (Å²) in [6.07, 6.45) is 1.73. The molecule has 0 saturated heterocycles. The Hall–Kier alpha value is -3.27.